The Labute approximate surface area is 135 Å². The number of sulfonamides is 1. The van der Waals surface area contributed by atoms with Gasteiger partial charge < -0.3 is 0 Å². The van der Waals surface area contributed by atoms with Crippen molar-refractivity contribution in [1.29, 1.82) is 0 Å². The van der Waals surface area contributed by atoms with E-state index in [-0.39, 0.29) is 4.90 Å². The molecule has 0 atom stereocenters. The molecule has 0 unspecified atom stereocenters. The van der Waals surface area contributed by atoms with Crippen LogP contribution in [0.15, 0.2) is 65.6 Å². The van der Waals surface area contributed by atoms with Crippen molar-refractivity contribution in [3.05, 3.63) is 71.3 Å². The van der Waals surface area contributed by atoms with Crippen LogP contribution in [0.3, 0.4) is 0 Å². The van der Waals surface area contributed by atoms with E-state index in [1.165, 1.54) is 9.88 Å². The third-order valence-corrected chi connectivity index (χ3v) is 5.90. The third-order valence-electron chi connectivity index (χ3n) is 3.77. The van der Waals surface area contributed by atoms with Gasteiger partial charge in [-0.25, -0.2) is 8.42 Å². The lowest BCUT2D eigenvalue weighted by molar-refractivity contribution is 0.441. The van der Waals surface area contributed by atoms with Gasteiger partial charge in [0.05, 0.1) is 4.90 Å². The molecule has 1 aliphatic rings. The third kappa shape index (κ3) is 3.09. The number of halogens is 1. The van der Waals surface area contributed by atoms with Gasteiger partial charge in [-0.15, -0.1) is 0 Å². The Kier molecular flexibility index (Phi) is 4.34. The highest BCUT2D eigenvalue weighted by Gasteiger charge is 2.26. The largest absolute Gasteiger partial charge is 0.243 e. The van der Waals surface area contributed by atoms with E-state index < -0.39 is 10.0 Å². The van der Waals surface area contributed by atoms with Crippen LogP contribution in [0.5, 0.6) is 0 Å². The molecule has 0 saturated carbocycles. The molecule has 3 nitrogen and oxygen atoms in total. The fourth-order valence-corrected chi connectivity index (χ4v) is 4.05. The smallest absolute Gasteiger partial charge is 0.207 e. The molecule has 2 aromatic rings. The fourth-order valence-electron chi connectivity index (χ4n) is 2.54. The summed E-state index contributed by atoms with van der Waals surface area (Å²) in [6.07, 6.45) is 2.71. The van der Waals surface area contributed by atoms with Gasteiger partial charge in [-0.1, -0.05) is 48.0 Å². The van der Waals surface area contributed by atoms with E-state index in [0.29, 0.717) is 18.1 Å². The van der Waals surface area contributed by atoms with Crippen molar-refractivity contribution in [2.45, 2.75) is 11.3 Å². The molecule has 0 radical (unpaired) electrons. The topological polar surface area (TPSA) is 37.4 Å². The maximum atomic E-state index is 12.6. The quantitative estimate of drug-likeness (QED) is 0.856. The molecule has 1 aliphatic heterocycles. The van der Waals surface area contributed by atoms with E-state index in [1.807, 2.05) is 24.3 Å². The molecule has 22 heavy (non-hydrogen) atoms. The number of nitrogens with zero attached hydrogens (tertiary/aromatic N) is 1. The Morgan fingerprint density at radius 2 is 1.64 bits per heavy atom. The number of rotatable bonds is 3. The SMILES string of the molecule is O=S(=O)(c1ccc(Cl)cc1)N1CC=C(c2ccccc2)CC1. The summed E-state index contributed by atoms with van der Waals surface area (Å²) in [5.41, 5.74) is 2.36. The van der Waals surface area contributed by atoms with Crippen molar-refractivity contribution >= 4 is 27.2 Å². The van der Waals surface area contributed by atoms with Gasteiger partial charge in [-0.2, -0.15) is 4.31 Å². The first kappa shape index (κ1) is 15.3. The highest BCUT2D eigenvalue weighted by Crippen LogP contribution is 2.26. The lowest BCUT2D eigenvalue weighted by Gasteiger charge is -2.26. The summed E-state index contributed by atoms with van der Waals surface area (Å²) in [5, 5.41) is 0.531. The van der Waals surface area contributed by atoms with Crippen LogP contribution in [0.2, 0.25) is 5.02 Å². The van der Waals surface area contributed by atoms with Gasteiger partial charge in [-0.3, -0.25) is 0 Å². The molecule has 0 saturated heterocycles. The molecule has 114 valence electrons. The van der Waals surface area contributed by atoms with E-state index in [2.05, 4.69) is 12.1 Å². The predicted octanol–water partition coefficient (Wildman–Crippen LogP) is 3.82. The van der Waals surface area contributed by atoms with Gasteiger partial charge in [0.1, 0.15) is 0 Å². The zero-order valence-electron chi connectivity index (χ0n) is 11.9. The van der Waals surface area contributed by atoms with E-state index in [9.17, 15) is 8.42 Å². The number of hydrogen-bond donors (Lipinski definition) is 0. The average molecular weight is 334 g/mol. The minimum Gasteiger partial charge on any atom is -0.207 e. The van der Waals surface area contributed by atoms with Crippen LogP contribution in [0.1, 0.15) is 12.0 Å². The van der Waals surface area contributed by atoms with E-state index in [4.69, 9.17) is 11.6 Å². The first-order chi connectivity index (χ1) is 10.6. The Morgan fingerprint density at radius 3 is 2.23 bits per heavy atom. The van der Waals surface area contributed by atoms with E-state index in [1.54, 1.807) is 24.3 Å². The summed E-state index contributed by atoms with van der Waals surface area (Å²) in [6.45, 7) is 0.890. The van der Waals surface area contributed by atoms with E-state index in [0.717, 1.165) is 12.0 Å². The van der Waals surface area contributed by atoms with Gasteiger partial charge in [0.25, 0.3) is 0 Å². The van der Waals surface area contributed by atoms with Crippen molar-refractivity contribution in [3.63, 3.8) is 0 Å². The van der Waals surface area contributed by atoms with Crippen molar-refractivity contribution < 1.29 is 8.42 Å². The summed E-state index contributed by atoms with van der Waals surface area (Å²) >= 11 is 5.82. The number of benzene rings is 2. The molecular formula is C17H16ClNO2S. The molecule has 0 fully saturated rings. The van der Waals surface area contributed by atoms with Crippen LogP contribution in [0, 0.1) is 0 Å². The molecule has 0 N–H and O–H groups in total. The van der Waals surface area contributed by atoms with Crippen molar-refractivity contribution in [2.24, 2.45) is 0 Å². The van der Waals surface area contributed by atoms with Crippen LogP contribution in [-0.4, -0.2) is 25.8 Å². The van der Waals surface area contributed by atoms with Crippen LogP contribution in [0.25, 0.3) is 5.57 Å². The predicted molar refractivity (Wildman–Crippen MR) is 89.2 cm³/mol. The molecule has 5 heteroatoms. The lowest BCUT2D eigenvalue weighted by atomic mass is 10.0. The van der Waals surface area contributed by atoms with Gasteiger partial charge in [-0.05, 0) is 41.8 Å². The molecule has 0 bridgehead atoms. The zero-order chi connectivity index (χ0) is 15.6. The maximum absolute atomic E-state index is 12.6. The second-order valence-electron chi connectivity index (χ2n) is 5.16. The molecule has 0 spiro atoms. The molecule has 3 rings (SSSR count). The summed E-state index contributed by atoms with van der Waals surface area (Å²) in [6, 6.07) is 16.4. The van der Waals surface area contributed by atoms with Crippen molar-refractivity contribution in [1.82, 2.24) is 4.31 Å². The van der Waals surface area contributed by atoms with Crippen LogP contribution >= 0.6 is 11.6 Å². The summed E-state index contributed by atoms with van der Waals surface area (Å²) in [5.74, 6) is 0. The van der Waals surface area contributed by atoms with Crippen LogP contribution in [0.4, 0.5) is 0 Å². The Morgan fingerprint density at radius 1 is 0.955 bits per heavy atom. The molecule has 0 aromatic heterocycles. The van der Waals surface area contributed by atoms with Crippen LogP contribution in [-0.2, 0) is 10.0 Å². The first-order valence-electron chi connectivity index (χ1n) is 7.07. The second kappa shape index (κ2) is 6.24. The second-order valence-corrected chi connectivity index (χ2v) is 7.54. The first-order valence-corrected chi connectivity index (χ1v) is 8.89. The van der Waals surface area contributed by atoms with Crippen molar-refractivity contribution in [2.75, 3.05) is 13.1 Å². The minimum atomic E-state index is -3.45. The van der Waals surface area contributed by atoms with Gasteiger partial charge >= 0.3 is 0 Å². The monoisotopic (exact) mass is 333 g/mol. The fraction of sp³-hybridized carbons (Fsp3) is 0.176. The highest BCUT2D eigenvalue weighted by molar-refractivity contribution is 7.89. The molecule has 1 heterocycles. The lowest BCUT2D eigenvalue weighted by Crippen LogP contribution is -2.34. The number of hydrogen-bond acceptors (Lipinski definition) is 2. The Bertz CT molecular complexity index is 783. The van der Waals surface area contributed by atoms with Gasteiger partial charge in [0.2, 0.25) is 10.0 Å². The zero-order valence-corrected chi connectivity index (χ0v) is 13.5. The summed E-state index contributed by atoms with van der Waals surface area (Å²) in [4.78, 5) is 0.286. The normalized spacial score (nSPS) is 16.3. The molecule has 2 aromatic carbocycles. The molecule has 0 aliphatic carbocycles. The van der Waals surface area contributed by atoms with E-state index >= 15 is 0 Å². The average Bonchev–Trinajstić information content (AvgIpc) is 2.56. The van der Waals surface area contributed by atoms with Crippen molar-refractivity contribution in [3.8, 4) is 0 Å². The minimum absolute atomic E-state index is 0.286. The summed E-state index contributed by atoms with van der Waals surface area (Å²) in [7, 11) is -3.45. The van der Waals surface area contributed by atoms with Gasteiger partial charge in [0, 0.05) is 18.1 Å². The Balaban J connectivity index is 1.81. The highest BCUT2D eigenvalue weighted by atomic mass is 35.5. The molecule has 0 amide bonds. The van der Waals surface area contributed by atoms with Crippen LogP contribution < -0.4 is 0 Å². The standard InChI is InChI=1S/C17H16ClNO2S/c18-16-6-8-17(9-7-16)22(20,21)19-12-10-15(11-13-19)14-4-2-1-3-5-14/h1-10H,11-13H2. The Hall–Kier alpha value is -1.62. The summed E-state index contributed by atoms with van der Waals surface area (Å²) < 4.78 is 26.7. The van der Waals surface area contributed by atoms with Gasteiger partial charge in [0.15, 0.2) is 0 Å². The maximum Gasteiger partial charge on any atom is 0.243 e. The molecular weight excluding hydrogens is 318 g/mol.